The summed E-state index contributed by atoms with van der Waals surface area (Å²) in [5.41, 5.74) is 4.53. The number of carbonyl (C=O) groups excluding carboxylic acids is 1. The van der Waals surface area contributed by atoms with Gasteiger partial charge in [0.1, 0.15) is 0 Å². The van der Waals surface area contributed by atoms with Crippen molar-refractivity contribution >= 4 is 38.9 Å². The van der Waals surface area contributed by atoms with Crippen LogP contribution in [-0.4, -0.2) is 25.9 Å². The van der Waals surface area contributed by atoms with Gasteiger partial charge in [-0.05, 0) is 20.8 Å². The Bertz CT molecular complexity index is 566. The minimum atomic E-state index is -3.72. The molecule has 3 N–H and O–H groups in total. The molecule has 0 radical (unpaired) electrons. The second-order valence-electron chi connectivity index (χ2n) is 4.41. The monoisotopic (exact) mass is 311 g/mol. The van der Waals surface area contributed by atoms with Gasteiger partial charge in [-0.2, -0.15) is 0 Å². The first kappa shape index (κ1) is 15.4. The summed E-state index contributed by atoms with van der Waals surface area (Å²) >= 11 is 6.52. The molecular formula is C9H14ClN3O3S2. The fourth-order valence-corrected chi connectivity index (χ4v) is 4.02. The van der Waals surface area contributed by atoms with E-state index in [0.29, 0.717) is 5.69 Å². The largest absolute Gasteiger partial charge is 0.369 e. The van der Waals surface area contributed by atoms with Crippen LogP contribution in [-0.2, 0) is 14.8 Å². The molecule has 0 aliphatic heterocycles. The highest BCUT2D eigenvalue weighted by molar-refractivity contribution is 7.91. The standard InChI is InChI=1S/C9H14ClN3O3S2/c1-5-6(17-8(10)13-5)18(15,16)12-4-9(2,3)7(11)14/h12H,4H2,1-3H3,(H2,11,14). The lowest BCUT2D eigenvalue weighted by Crippen LogP contribution is -2.42. The predicted molar refractivity (Wildman–Crippen MR) is 70.0 cm³/mol. The van der Waals surface area contributed by atoms with Crippen LogP contribution in [0.15, 0.2) is 4.21 Å². The van der Waals surface area contributed by atoms with Crippen LogP contribution >= 0.6 is 22.9 Å². The summed E-state index contributed by atoms with van der Waals surface area (Å²) in [5.74, 6) is -0.579. The minimum absolute atomic E-state index is 0.0489. The molecule has 0 spiro atoms. The third-order valence-electron chi connectivity index (χ3n) is 2.34. The molecule has 1 aromatic rings. The molecule has 1 amide bonds. The summed E-state index contributed by atoms with van der Waals surface area (Å²) in [4.78, 5) is 14.9. The zero-order chi connectivity index (χ0) is 14.1. The van der Waals surface area contributed by atoms with E-state index in [1.165, 1.54) is 0 Å². The predicted octanol–water partition coefficient (Wildman–Crippen LogP) is 0.895. The number of nitrogens with zero attached hydrogens (tertiary/aromatic N) is 1. The van der Waals surface area contributed by atoms with Crippen molar-refractivity contribution in [3.8, 4) is 0 Å². The van der Waals surface area contributed by atoms with Gasteiger partial charge in [-0.1, -0.05) is 22.9 Å². The zero-order valence-electron chi connectivity index (χ0n) is 10.2. The number of halogens is 1. The molecule has 0 saturated carbocycles. The molecule has 1 rings (SSSR count). The zero-order valence-corrected chi connectivity index (χ0v) is 12.5. The first-order valence-corrected chi connectivity index (χ1v) is 7.66. The van der Waals surface area contributed by atoms with E-state index in [-0.39, 0.29) is 15.2 Å². The van der Waals surface area contributed by atoms with E-state index in [1.807, 2.05) is 0 Å². The quantitative estimate of drug-likeness (QED) is 0.843. The summed E-state index contributed by atoms with van der Waals surface area (Å²) < 4.78 is 26.5. The smallest absolute Gasteiger partial charge is 0.252 e. The van der Waals surface area contributed by atoms with Crippen LogP contribution in [0.25, 0.3) is 0 Å². The van der Waals surface area contributed by atoms with Crippen molar-refractivity contribution in [2.24, 2.45) is 11.1 Å². The molecule has 18 heavy (non-hydrogen) atoms. The van der Waals surface area contributed by atoms with Gasteiger partial charge in [0.15, 0.2) is 8.68 Å². The molecule has 0 atom stereocenters. The van der Waals surface area contributed by atoms with Crippen molar-refractivity contribution < 1.29 is 13.2 Å². The van der Waals surface area contributed by atoms with Crippen molar-refractivity contribution in [1.29, 1.82) is 0 Å². The van der Waals surface area contributed by atoms with E-state index >= 15 is 0 Å². The van der Waals surface area contributed by atoms with Crippen LogP contribution < -0.4 is 10.5 Å². The van der Waals surface area contributed by atoms with Crippen LogP contribution in [0.2, 0.25) is 4.47 Å². The number of carbonyl (C=O) groups is 1. The summed E-state index contributed by atoms with van der Waals surface area (Å²) in [6, 6.07) is 0. The van der Waals surface area contributed by atoms with E-state index in [1.54, 1.807) is 20.8 Å². The molecule has 0 aromatic carbocycles. The maximum atomic E-state index is 12.0. The van der Waals surface area contributed by atoms with E-state index in [2.05, 4.69) is 9.71 Å². The molecule has 102 valence electrons. The van der Waals surface area contributed by atoms with Gasteiger partial charge in [0.2, 0.25) is 5.91 Å². The van der Waals surface area contributed by atoms with E-state index < -0.39 is 21.3 Å². The molecule has 1 aromatic heterocycles. The summed E-state index contributed by atoms with van der Waals surface area (Å²) in [5, 5.41) is 0. The van der Waals surface area contributed by atoms with Crippen LogP contribution in [0.3, 0.4) is 0 Å². The van der Waals surface area contributed by atoms with Gasteiger partial charge in [0, 0.05) is 6.54 Å². The van der Waals surface area contributed by atoms with E-state index in [9.17, 15) is 13.2 Å². The van der Waals surface area contributed by atoms with Crippen LogP contribution in [0.1, 0.15) is 19.5 Å². The second kappa shape index (κ2) is 5.12. The van der Waals surface area contributed by atoms with Gasteiger partial charge >= 0.3 is 0 Å². The molecule has 9 heteroatoms. The highest BCUT2D eigenvalue weighted by atomic mass is 35.5. The lowest BCUT2D eigenvalue weighted by Gasteiger charge is -2.20. The highest BCUT2D eigenvalue weighted by Crippen LogP contribution is 2.27. The molecule has 0 fully saturated rings. The third kappa shape index (κ3) is 3.41. The van der Waals surface area contributed by atoms with Crippen molar-refractivity contribution in [2.75, 3.05) is 6.54 Å². The number of nitrogens with one attached hydrogen (secondary N) is 1. The second-order valence-corrected chi connectivity index (χ2v) is 7.96. The summed E-state index contributed by atoms with van der Waals surface area (Å²) in [6.45, 7) is 4.59. The molecular weight excluding hydrogens is 298 g/mol. The Kier molecular flexibility index (Phi) is 4.37. The number of sulfonamides is 1. The number of rotatable bonds is 5. The van der Waals surface area contributed by atoms with Crippen LogP contribution in [0.4, 0.5) is 0 Å². The maximum absolute atomic E-state index is 12.0. The Morgan fingerprint density at radius 3 is 2.50 bits per heavy atom. The minimum Gasteiger partial charge on any atom is -0.369 e. The first-order chi connectivity index (χ1) is 8.06. The van der Waals surface area contributed by atoms with E-state index in [4.69, 9.17) is 17.3 Å². The van der Waals surface area contributed by atoms with E-state index in [0.717, 1.165) is 11.3 Å². The topological polar surface area (TPSA) is 102 Å². The number of thiazole rings is 1. The fourth-order valence-electron chi connectivity index (χ4n) is 1.03. The van der Waals surface area contributed by atoms with Crippen molar-refractivity contribution in [2.45, 2.75) is 25.0 Å². The number of nitrogens with two attached hydrogens (primary N) is 1. The van der Waals surface area contributed by atoms with Crippen molar-refractivity contribution in [1.82, 2.24) is 9.71 Å². The molecule has 0 aliphatic carbocycles. The number of aromatic nitrogens is 1. The van der Waals surface area contributed by atoms with Gasteiger partial charge in [-0.15, -0.1) is 0 Å². The number of amides is 1. The number of aryl methyl sites for hydroxylation is 1. The number of primary amides is 1. The highest BCUT2D eigenvalue weighted by Gasteiger charge is 2.29. The SMILES string of the molecule is Cc1nc(Cl)sc1S(=O)(=O)NCC(C)(C)C(N)=O. The fraction of sp³-hybridized carbons (Fsp3) is 0.556. The normalized spacial score (nSPS) is 12.7. The van der Waals surface area contributed by atoms with Gasteiger partial charge in [-0.25, -0.2) is 18.1 Å². The Hall–Kier alpha value is -0.700. The third-order valence-corrected chi connectivity index (χ3v) is 5.62. The Balaban J connectivity index is 2.91. The lowest BCUT2D eigenvalue weighted by atomic mass is 9.93. The first-order valence-electron chi connectivity index (χ1n) is 4.99. The molecule has 0 bridgehead atoms. The van der Waals surface area contributed by atoms with Gasteiger partial charge in [0.05, 0.1) is 11.1 Å². The Labute approximate surface area is 115 Å². The summed E-state index contributed by atoms with van der Waals surface area (Å²) in [6.07, 6.45) is 0. The molecule has 1 heterocycles. The Morgan fingerprint density at radius 1 is 1.56 bits per heavy atom. The number of hydrogen-bond acceptors (Lipinski definition) is 5. The van der Waals surface area contributed by atoms with Crippen molar-refractivity contribution in [3.63, 3.8) is 0 Å². The molecule has 0 aliphatic rings. The maximum Gasteiger partial charge on any atom is 0.252 e. The van der Waals surface area contributed by atoms with Crippen LogP contribution in [0.5, 0.6) is 0 Å². The Morgan fingerprint density at radius 2 is 2.11 bits per heavy atom. The molecule has 0 unspecified atom stereocenters. The average Bonchev–Trinajstić information content (AvgIpc) is 2.56. The van der Waals surface area contributed by atoms with Gasteiger partial charge in [-0.3, -0.25) is 4.79 Å². The van der Waals surface area contributed by atoms with Gasteiger partial charge in [0.25, 0.3) is 10.0 Å². The molecule has 0 saturated heterocycles. The van der Waals surface area contributed by atoms with Gasteiger partial charge < -0.3 is 5.73 Å². The lowest BCUT2D eigenvalue weighted by molar-refractivity contribution is -0.125. The van der Waals surface area contributed by atoms with Crippen LogP contribution in [0, 0.1) is 12.3 Å². The van der Waals surface area contributed by atoms with Crippen molar-refractivity contribution in [3.05, 3.63) is 10.2 Å². The summed E-state index contributed by atoms with van der Waals surface area (Å²) in [7, 11) is -3.72. The molecule has 6 nitrogen and oxygen atoms in total. The number of hydrogen-bond donors (Lipinski definition) is 2. The average molecular weight is 312 g/mol.